The second kappa shape index (κ2) is 10.9. The van der Waals surface area contributed by atoms with Crippen LogP contribution in [-0.4, -0.2) is 34.7 Å². The number of halogens is 6. The van der Waals surface area contributed by atoms with Crippen molar-refractivity contribution in [1.82, 2.24) is 20.3 Å². The van der Waals surface area contributed by atoms with Crippen molar-refractivity contribution in [3.8, 4) is 11.4 Å². The number of ether oxygens (including phenoxy) is 1. The summed E-state index contributed by atoms with van der Waals surface area (Å²) in [6, 6.07) is 11.3. The third kappa shape index (κ3) is 6.37. The average molecular weight is 535 g/mol. The first-order chi connectivity index (χ1) is 18.0. The van der Waals surface area contributed by atoms with Gasteiger partial charge in [0.2, 0.25) is 0 Å². The van der Waals surface area contributed by atoms with E-state index in [4.69, 9.17) is 4.74 Å². The van der Waals surface area contributed by atoms with E-state index in [1.165, 1.54) is 30.5 Å². The van der Waals surface area contributed by atoms with Gasteiger partial charge in [0, 0.05) is 37.0 Å². The highest BCUT2D eigenvalue weighted by Gasteiger charge is 2.34. The van der Waals surface area contributed by atoms with Gasteiger partial charge in [-0.1, -0.05) is 0 Å². The van der Waals surface area contributed by atoms with Crippen molar-refractivity contribution in [1.29, 1.82) is 0 Å². The quantitative estimate of drug-likeness (QED) is 0.248. The molecule has 3 aromatic heterocycles. The van der Waals surface area contributed by atoms with Gasteiger partial charge in [-0.3, -0.25) is 4.98 Å². The minimum atomic E-state index is -4.63. The van der Waals surface area contributed by atoms with Gasteiger partial charge in [0.05, 0.1) is 34.8 Å². The second-order valence-corrected chi connectivity index (χ2v) is 8.56. The smallest absolute Gasteiger partial charge is 0.383 e. The van der Waals surface area contributed by atoms with Crippen LogP contribution in [0.3, 0.4) is 0 Å². The molecule has 4 aromatic rings. The molecule has 38 heavy (non-hydrogen) atoms. The summed E-state index contributed by atoms with van der Waals surface area (Å²) in [6.07, 6.45) is -7.86. The van der Waals surface area contributed by atoms with E-state index >= 15 is 0 Å². The maximum Gasteiger partial charge on any atom is 0.418 e. The molecule has 1 aromatic carbocycles. The van der Waals surface area contributed by atoms with Crippen LogP contribution in [0.1, 0.15) is 23.7 Å². The summed E-state index contributed by atoms with van der Waals surface area (Å²) in [4.78, 5) is 12.8. The lowest BCUT2D eigenvalue weighted by atomic mass is 10.1. The summed E-state index contributed by atoms with van der Waals surface area (Å²) in [5, 5.41) is 6.77. The number of fused-ring (bicyclic) bond motifs is 1. The number of hydrogen-bond acceptors (Lipinski definition) is 6. The van der Waals surface area contributed by atoms with Crippen LogP contribution in [0.4, 0.5) is 37.7 Å². The number of nitrogens with one attached hydrogen (secondary N) is 2. The third-order valence-electron chi connectivity index (χ3n) is 5.62. The fourth-order valence-corrected chi connectivity index (χ4v) is 3.81. The summed E-state index contributed by atoms with van der Waals surface area (Å²) >= 11 is 0. The van der Waals surface area contributed by atoms with E-state index < -0.39 is 23.5 Å². The van der Waals surface area contributed by atoms with Crippen LogP contribution in [0.15, 0.2) is 60.8 Å². The van der Waals surface area contributed by atoms with Crippen molar-refractivity contribution in [3.63, 3.8) is 0 Å². The topological polar surface area (TPSA) is 72.0 Å². The highest BCUT2D eigenvalue weighted by atomic mass is 19.4. The van der Waals surface area contributed by atoms with Gasteiger partial charge in [0.25, 0.3) is 0 Å². The van der Waals surface area contributed by atoms with Gasteiger partial charge in [-0.2, -0.15) is 26.3 Å². The van der Waals surface area contributed by atoms with Gasteiger partial charge in [-0.15, -0.1) is 0 Å². The van der Waals surface area contributed by atoms with Crippen molar-refractivity contribution in [2.45, 2.75) is 31.9 Å². The standard InChI is InChI=1S/C26H23F6N5O/c1-15(14-38-2)34-13-18-12-22(35-17-7-5-16(6-8-17)25(27,28)29)19-9-10-21(37-24(19)36-18)23-20(26(30,31)32)4-3-11-33-23/h3-12,15,34H,13-14H2,1-2H3,(H,35,36,37). The molecular weight excluding hydrogens is 512 g/mol. The van der Waals surface area contributed by atoms with Crippen molar-refractivity contribution in [2.24, 2.45) is 0 Å². The Hall–Kier alpha value is -3.77. The number of methoxy groups -OCH3 is 1. The molecule has 4 rings (SSSR count). The van der Waals surface area contributed by atoms with Gasteiger partial charge in [-0.05, 0) is 61.5 Å². The summed E-state index contributed by atoms with van der Waals surface area (Å²) in [7, 11) is 1.57. The maximum absolute atomic E-state index is 13.6. The molecule has 0 saturated heterocycles. The summed E-state index contributed by atoms with van der Waals surface area (Å²) in [6.45, 7) is 2.62. The highest BCUT2D eigenvalue weighted by molar-refractivity contribution is 5.92. The molecule has 1 unspecified atom stereocenters. The van der Waals surface area contributed by atoms with Crippen molar-refractivity contribution in [2.75, 3.05) is 19.0 Å². The number of alkyl halides is 6. The van der Waals surface area contributed by atoms with Gasteiger partial charge in [0.1, 0.15) is 5.69 Å². The Bertz CT molecular complexity index is 1410. The Labute approximate surface area is 214 Å². The van der Waals surface area contributed by atoms with Crippen LogP contribution in [0.25, 0.3) is 22.4 Å². The summed E-state index contributed by atoms with van der Waals surface area (Å²) < 4.78 is 84.7. The zero-order valence-corrected chi connectivity index (χ0v) is 20.3. The first kappa shape index (κ1) is 27.3. The van der Waals surface area contributed by atoms with Crippen LogP contribution >= 0.6 is 0 Å². The van der Waals surface area contributed by atoms with E-state index in [2.05, 4.69) is 25.6 Å². The molecule has 1 atom stereocenters. The number of benzene rings is 1. The van der Waals surface area contributed by atoms with Gasteiger partial charge >= 0.3 is 12.4 Å². The molecule has 2 N–H and O–H groups in total. The Balaban J connectivity index is 1.77. The molecule has 0 spiro atoms. The van der Waals surface area contributed by atoms with Gasteiger partial charge in [0.15, 0.2) is 5.65 Å². The van der Waals surface area contributed by atoms with Crippen LogP contribution in [0.5, 0.6) is 0 Å². The van der Waals surface area contributed by atoms with Crippen LogP contribution < -0.4 is 10.6 Å². The van der Waals surface area contributed by atoms with Gasteiger partial charge in [-0.25, -0.2) is 9.97 Å². The SMILES string of the molecule is COCC(C)NCc1cc(Nc2ccc(C(F)(F)F)cc2)c2ccc(-c3ncccc3C(F)(F)F)nc2n1. The number of aromatic nitrogens is 3. The lowest BCUT2D eigenvalue weighted by molar-refractivity contribution is -0.138. The van der Waals surface area contributed by atoms with E-state index in [0.29, 0.717) is 29.1 Å². The molecule has 0 saturated carbocycles. The summed E-state index contributed by atoms with van der Waals surface area (Å²) in [5.74, 6) is 0. The predicted molar refractivity (Wildman–Crippen MR) is 131 cm³/mol. The van der Waals surface area contributed by atoms with Crippen LogP contribution in [0.2, 0.25) is 0 Å². The lowest BCUT2D eigenvalue weighted by Crippen LogP contribution is -2.29. The van der Waals surface area contributed by atoms with Crippen LogP contribution in [-0.2, 0) is 23.6 Å². The molecule has 200 valence electrons. The molecule has 0 bridgehead atoms. The first-order valence-corrected chi connectivity index (χ1v) is 11.5. The minimum Gasteiger partial charge on any atom is -0.383 e. The fraction of sp³-hybridized carbons (Fsp3) is 0.269. The monoisotopic (exact) mass is 535 g/mol. The largest absolute Gasteiger partial charge is 0.418 e. The molecule has 0 amide bonds. The highest BCUT2D eigenvalue weighted by Crippen LogP contribution is 2.36. The molecule has 3 heterocycles. The Kier molecular flexibility index (Phi) is 7.83. The molecule has 6 nitrogen and oxygen atoms in total. The number of hydrogen-bond donors (Lipinski definition) is 2. The second-order valence-electron chi connectivity index (χ2n) is 8.56. The van der Waals surface area contributed by atoms with Crippen molar-refractivity contribution >= 4 is 22.4 Å². The van der Waals surface area contributed by atoms with Crippen LogP contribution in [0, 0.1) is 0 Å². The van der Waals surface area contributed by atoms with Gasteiger partial charge < -0.3 is 15.4 Å². The molecule has 12 heteroatoms. The molecule has 0 radical (unpaired) electrons. The van der Waals surface area contributed by atoms with E-state index in [0.717, 1.165) is 18.2 Å². The number of nitrogens with zero attached hydrogens (tertiary/aromatic N) is 3. The molecule has 0 aliphatic rings. The molecule has 0 aliphatic heterocycles. The zero-order chi connectivity index (χ0) is 27.5. The van der Waals surface area contributed by atoms with Crippen molar-refractivity contribution in [3.05, 3.63) is 77.6 Å². The number of pyridine rings is 3. The Morgan fingerprint density at radius 1 is 0.921 bits per heavy atom. The lowest BCUT2D eigenvalue weighted by Gasteiger charge is -2.16. The van der Waals surface area contributed by atoms with E-state index in [1.807, 2.05) is 6.92 Å². The zero-order valence-electron chi connectivity index (χ0n) is 20.3. The number of rotatable bonds is 8. The fourth-order valence-electron chi connectivity index (χ4n) is 3.81. The Morgan fingerprint density at radius 2 is 1.66 bits per heavy atom. The summed E-state index contributed by atoms with van der Waals surface area (Å²) in [5.41, 5.74) is -0.559. The molecule has 0 aliphatic carbocycles. The van der Waals surface area contributed by atoms with E-state index in [1.54, 1.807) is 19.2 Å². The predicted octanol–water partition coefficient (Wildman–Crippen LogP) is 6.60. The Morgan fingerprint density at radius 3 is 2.32 bits per heavy atom. The average Bonchev–Trinajstić information content (AvgIpc) is 2.86. The van der Waals surface area contributed by atoms with E-state index in [-0.39, 0.29) is 29.6 Å². The maximum atomic E-state index is 13.6. The van der Waals surface area contributed by atoms with E-state index in [9.17, 15) is 26.3 Å². The number of anilines is 2. The molecular formula is C26H23F6N5O. The molecule has 0 fully saturated rings. The first-order valence-electron chi connectivity index (χ1n) is 11.5. The third-order valence-corrected chi connectivity index (χ3v) is 5.62. The van der Waals surface area contributed by atoms with Crippen molar-refractivity contribution < 1.29 is 31.1 Å². The minimum absolute atomic E-state index is 0.0173. The normalized spacial score (nSPS) is 13.1.